The number of hydrogen-bond acceptors (Lipinski definition) is 6. The molecule has 1 saturated heterocycles. The standard InChI is InChI=1S/C24H25N5O3/c1-13-3-4-19-15(9-13)5-7-28(19)24(31)17-11-18-20(10-14(17)2)29-21(16-6-8-32-12-16)26-27-22(29)23(30)25-18/h3-4,9-11,16,23,25,30H,5-8,12H2,1-2H3. The van der Waals surface area contributed by atoms with E-state index < -0.39 is 6.23 Å². The predicted molar refractivity (Wildman–Crippen MR) is 119 cm³/mol. The lowest BCUT2D eigenvalue weighted by molar-refractivity contribution is 0.0988. The number of aromatic nitrogens is 3. The van der Waals surface area contributed by atoms with Gasteiger partial charge in [0.15, 0.2) is 12.1 Å². The summed E-state index contributed by atoms with van der Waals surface area (Å²) >= 11 is 0. The number of rotatable bonds is 2. The second-order valence-corrected chi connectivity index (χ2v) is 8.88. The van der Waals surface area contributed by atoms with Crippen molar-refractivity contribution < 1.29 is 14.6 Å². The molecule has 0 aliphatic carbocycles. The van der Waals surface area contributed by atoms with Crippen molar-refractivity contribution in [3.8, 4) is 5.69 Å². The topological polar surface area (TPSA) is 92.5 Å². The summed E-state index contributed by atoms with van der Waals surface area (Å²) in [5.74, 6) is 1.37. The predicted octanol–water partition coefficient (Wildman–Crippen LogP) is 3.01. The maximum Gasteiger partial charge on any atom is 0.258 e. The number of fused-ring (bicyclic) bond motifs is 4. The van der Waals surface area contributed by atoms with Gasteiger partial charge in [0.05, 0.1) is 18.0 Å². The van der Waals surface area contributed by atoms with E-state index in [0.29, 0.717) is 36.8 Å². The molecule has 3 aliphatic heterocycles. The van der Waals surface area contributed by atoms with E-state index in [1.807, 2.05) is 40.7 Å². The van der Waals surface area contributed by atoms with Crippen LogP contribution in [0.2, 0.25) is 0 Å². The Bertz CT molecular complexity index is 1240. The number of amides is 1. The number of nitrogens with zero attached hydrogens (tertiary/aromatic N) is 4. The highest BCUT2D eigenvalue weighted by Gasteiger charge is 2.34. The number of ether oxygens (including phenoxy) is 1. The highest BCUT2D eigenvalue weighted by Crippen LogP contribution is 2.38. The Morgan fingerprint density at radius 3 is 2.81 bits per heavy atom. The van der Waals surface area contributed by atoms with Gasteiger partial charge in [0.2, 0.25) is 0 Å². The first kappa shape index (κ1) is 19.5. The van der Waals surface area contributed by atoms with E-state index in [0.717, 1.165) is 35.6 Å². The molecule has 2 atom stereocenters. The first-order valence-corrected chi connectivity index (χ1v) is 11.0. The molecular weight excluding hydrogens is 406 g/mol. The molecule has 3 aliphatic rings. The average molecular weight is 431 g/mol. The van der Waals surface area contributed by atoms with Gasteiger partial charge in [-0.2, -0.15) is 0 Å². The summed E-state index contributed by atoms with van der Waals surface area (Å²) in [5.41, 5.74) is 6.44. The number of nitrogens with one attached hydrogen (secondary N) is 1. The summed E-state index contributed by atoms with van der Waals surface area (Å²) in [6, 6.07) is 10.1. The van der Waals surface area contributed by atoms with Crippen LogP contribution < -0.4 is 10.2 Å². The lowest BCUT2D eigenvalue weighted by Gasteiger charge is -2.27. The maximum absolute atomic E-state index is 13.5. The van der Waals surface area contributed by atoms with Gasteiger partial charge in [0.1, 0.15) is 5.82 Å². The molecule has 4 heterocycles. The Morgan fingerprint density at radius 1 is 1.16 bits per heavy atom. The minimum absolute atomic E-state index is 0.0248. The first-order valence-electron chi connectivity index (χ1n) is 11.0. The SMILES string of the molecule is Cc1ccc2c(c1)CCN2C(=O)c1cc2c(cc1C)-n1c(C3CCOC3)nnc1C(O)N2. The number of aryl methyl sites for hydroxylation is 2. The summed E-state index contributed by atoms with van der Waals surface area (Å²) in [4.78, 5) is 15.4. The van der Waals surface area contributed by atoms with Crippen LogP contribution in [0.3, 0.4) is 0 Å². The summed E-state index contributed by atoms with van der Waals surface area (Å²) < 4.78 is 7.47. The minimum Gasteiger partial charge on any atom is -0.381 e. The van der Waals surface area contributed by atoms with Crippen LogP contribution in [0.4, 0.5) is 11.4 Å². The molecular formula is C24H25N5O3. The van der Waals surface area contributed by atoms with E-state index in [1.165, 1.54) is 11.1 Å². The van der Waals surface area contributed by atoms with Gasteiger partial charge in [-0.1, -0.05) is 17.7 Å². The molecule has 1 amide bonds. The van der Waals surface area contributed by atoms with Gasteiger partial charge >= 0.3 is 0 Å². The zero-order valence-corrected chi connectivity index (χ0v) is 18.1. The van der Waals surface area contributed by atoms with Crippen LogP contribution in [0.25, 0.3) is 5.69 Å². The van der Waals surface area contributed by atoms with Crippen LogP contribution in [-0.2, 0) is 11.2 Å². The zero-order chi connectivity index (χ0) is 22.0. The molecule has 1 aromatic heterocycles. The monoisotopic (exact) mass is 431 g/mol. The van der Waals surface area contributed by atoms with Crippen molar-refractivity contribution in [2.45, 2.75) is 38.8 Å². The van der Waals surface area contributed by atoms with Gasteiger partial charge in [0.25, 0.3) is 5.91 Å². The molecule has 0 radical (unpaired) electrons. The second kappa shape index (κ2) is 7.15. The number of hydrogen-bond donors (Lipinski definition) is 2. The molecule has 0 saturated carbocycles. The molecule has 1 fully saturated rings. The van der Waals surface area contributed by atoms with Crippen molar-refractivity contribution in [2.75, 3.05) is 30.0 Å². The fraction of sp³-hybridized carbons (Fsp3) is 0.375. The Labute approximate surface area is 185 Å². The van der Waals surface area contributed by atoms with Gasteiger partial charge in [-0.25, -0.2) is 0 Å². The van der Waals surface area contributed by atoms with Crippen molar-refractivity contribution in [1.29, 1.82) is 0 Å². The molecule has 8 heteroatoms. The molecule has 8 nitrogen and oxygen atoms in total. The molecule has 0 bridgehead atoms. The number of aliphatic hydroxyl groups excluding tert-OH is 1. The van der Waals surface area contributed by atoms with Crippen LogP contribution in [0, 0.1) is 13.8 Å². The fourth-order valence-corrected chi connectivity index (χ4v) is 5.06. The summed E-state index contributed by atoms with van der Waals surface area (Å²) in [6.07, 6.45) is 0.744. The second-order valence-electron chi connectivity index (χ2n) is 8.88. The zero-order valence-electron chi connectivity index (χ0n) is 18.1. The quantitative estimate of drug-likeness (QED) is 0.648. The minimum atomic E-state index is -0.993. The number of aliphatic hydroxyl groups is 1. The van der Waals surface area contributed by atoms with Crippen molar-refractivity contribution in [3.63, 3.8) is 0 Å². The van der Waals surface area contributed by atoms with Gasteiger partial charge in [-0.05, 0) is 56.0 Å². The van der Waals surface area contributed by atoms with Crippen LogP contribution in [-0.4, -0.2) is 45.5 Å². The summed E-state index contributed by atoms with van der Waals surface area (Å²) in [6.45, 7) is 5.99. The first-order chi connectivity index (χ1) is 15.5. The van der Waals surface area contributed by atoms with Crippen LogP contribution in [0.1, 0.15) is 57.3 Å². The molecule has 6 rings (SSSR count). The number of carbonyl (C=O) groups is 1. The van der Waals surface area contributed by atoms with Crippen LogP contribution in [0.5, 0.6) is 0 Å². The third-order valence-corrected chi connectivity index (χ3v) is 6.73. The van der Waals surface area contributed by atoms with E-state index in [1.54, 1.807) is 0 Å². The highest BCUT2D eigenvalue weighted by molar-refractivity contribution is 6.09. The van der Waals surface area contributed by atoms with Crippen LogP contribution >= 0.6 is 0 Å². The Balaban J connectivity index is 1.41. The lowest BCUT2D eigenvalue weighted by atomic mass is 10.0. The smallest absolute Gasteiger partial charge is 0.258 e. The van der Waals surface area contributed by atoms with Crippen LogP contribution in [0.15, 0.2) is 30.3 Å². The van der Waals surface area contributed by atoms with E-state index in [2.05, 4.69) is 28.5 Å². The van der Waals surface area contributed by atoms with Gasteiger partial charge in [-0.15, -0.1) is 10.2 Å². The molecule has 32 heavy (non-hydrogen) atoms. The Hall–Kier alpha value is -3.23. The van der Waals surface area contributed by atoms with Crippen molar-refractivity contribution in [2.24, 2.45) is 0 Å². The molecule has 2 aromatic carbocycles. The molecule has 2 N–H and O–H groups in total. The Kier molecular flexibility index (Phi) is 4.34. The lowest BCUT2D eigenvalue weighted by Crippen LogP contribution is -2.30. The van der Waals surface area contributed by atoms with Gasteiger partial charge in [0, 0.05) is 30.3 Å². The molecule has 0 spiro atoms. The van der Waals surface area contributed by atoms with E-state index in [9.17, 15) is 9.90 Å². The van der Waals surface area contributed by atoms with Crippen molar-refractivity contribution >= 4 is 17.3 Å². The number of benzene rings is 2. The average Bonchev–Trinajstić information content (AvgIpc) is 3.52. The highest BCUT2D eigenvalue weighted by atomic mass is 16.5. The molecule has 3 aromatic rings. The fourth-order valence-electron chi connectivity index (χ4n) is 5.06. The summed E-state index contributed by atoms with van der Waals surface area (Å²) in [5, 5.41) is 22.4. The third-order valence-electron chi connectivity index (χ3n) is 6.73. The normalized spacial score (nSPS) is 21.2. The van der Waals surface area contributed by atoms with Crippen molar-refractivity contribution in [3.05, 3.63) is 64.2 Å². The van der Waals surface area contributed by atoms with E-state index in [-0.39, 0.29) is 11.8 Å². The molecule has 164 valence electrons. The van der Waals surface area contributed by atoms with E-state index >= 15 is 0 Å². The largest absolute Gasteiger partial charge is 0.381 e. The number of anilines is 2. The van der Waals surface area contributed by atoms with Gasteiger partial charge < -0.3 is 20.1 Å². The maximum atomic E-state index is 13.5. The third kappa shape index (κ3) is 2.87. The van der Waals surface area contributed by atoms with Crippen molar-refractivity contribution in [1.82, 2.24) is 14.8 Å². The summed E-state index contributed by atoms with van der Waals surface area (Å²) in [7, 11) is 0. The Morgan fingerprint density at radius 2 is 2.00 bits per heavy atom. The van der Waals surface area contributed by atoms with Gasteiger partial charge in [-0.3, -0.25) is 9.36 Å². The number of carbonyl (C=O) groups excluding carboxylic acids is 1. The molecule has 2 unspecified atom stereocenters. The van der Waals surface area contributed by atoms with E-state index in [4.69, 9.17) is 4.74 Å².